The van der Waals surface area contributed by atoms with E-state index >= 15 is 0 Å². The molecule has 1 aromatic heterocycles. The van der Waals surface area contributed by atoms with Crippen molar-refractivity contribution in [2.75, 3.05) is 0 Å². The molecule has 0 saturated carbocycles. The predicted molar refractivity (Wildman–Crippen MR) is 84.7 cm³/mol. The number of nitrogens with zero attached hydrogens (tertiary/aromatic N) is 1. The van der Waals surface area contributed by atoms with Crippen LogP contribution in [0, 0.1) is 6.07 Å². The van der Waals surface area contributed by atoms with E-state index in [1.54, 1.807) is 0 Å². The zero-order valence-electron chi connectivity index (χ0n) is 11.3. The van der Waals surface area contributed by atoms with Crippen molar-refractivity contribution in [1.82, 2.24) is 4.57 Å². The van der Waals surface area contributed by atoms with Gasteiger partial charge in [0.2, 0.25) is 0 Å². The summed E-state index contributed by atoms with van der Waals surface area (Å²) in [7, 11) is 2.09. The molecule has 3 aromatic carbocycles. The second-order valence-corrected chi connectivity index (χ2v) is 5.13. The highest BCUT2D eigenvalue weighted by atomic mass is 14.9. The van der Waals surface area contributed by atoms with Crippen LogP contribution in [0.1, 0.15) is 0 Å². The summed E-state index contributed by atoms with van der Waals surface area (Å²) in [6, 6.07) is 24.7. The normalized spacial score (nSPS) is 11.2. The van der Waals surface area contributed by atoms with Gasteiger partial charge < -0.3 is 4.57 Å². The molecule has 0 unspecified atom stereocenters. The first-order valence-corrected chi connectivity index (χ1v) is 6.78. The summed E-state index contributed by atoms with van der Waals surface area (Å²) in [4.78, 5) is 0. The van der Waals surface area contributed by atoms with E-state index in [0.717, 1.165) is 10.9 Å². The molecule has 4 aromatic rings. The Morgan fingerprint density at radius 3 is 2.60 bits per heavy atom. The van der Waals surface area contributed by atoms with Crippen molar-refractivity contribution in [3.8, 4) is 11.1 Å². The summed E-state index contributed by atoms with van der Waals surface area (Å²) >= 11 is 0. The van der Waals surface area contributed by atoms with E-state index in [1.807, 2.05) is 0 Å². The Bertz CT molecular complexity index is 915. The molecule has 0 aliphatic heterocycles. The van der Waals surface area contributed by atoms with E-state index in [1.165, 1.54) is 21.9 Å². The third-order valence-electron chi connectivity index (χ3n) is 3.85. The molecule has 1 nitrogen and oxygen atoms in total. The number of aryl methyl sites for hydroxylation is 1. The zero-order valence-corrected chi connectivity index (χ0v) is 11.3. The first-order valence-electron chi connectivity index (χ1n) is 6.78. The summed E-state index contributed by atoms with van der Waals surface area (Å²) < 4.78 is 2.17. The van der Waals surface area contributed by atoms with Crippen molar-refractivity contribution in [1.29, 1.82) is 0 Å². The van der Waals surface area contributed by atoms with Gasteiger partial charge in [-0.2, -0.15) is 0 Å². The lowest BCUT2D eigenvalue weighted by Crippen LogP contribution is -1.81. The van der Waals surface area contributed by atoms with Gasteiger partial charge in [-0.3, -0.25) is 0 Å². The summed E-state index contributed by atoms with van der Waals surface area (Å²) in [6.07, 6.45) is 2.19. The summed E-state index contributed by atoms with van der Waals surface area (Å²) in [5, 5.41) is 3.68. The molecule has 0 aliphatic rings. The number of benzene rings is 3. The fourth-order valence-electron chi connectivity index (χ4n) is 2.83. The topological polar surface area (TPSA) is 4.93 Å². The highest BCUT2D eigenvalue weighted by Crippen LogP contribution is 2.31. The Morgan fingerprint density at radius 1 is 0.850 bits per heavy atom. The third-order valence-corrected chi connectivity index (χ3v) is 3.85. The first kappa shape index (κ1) is 11.3. The van der Waals surface area contributed by atoms with Gasteiger partial charge in [0.05, 0.1) is 0 Å². The van der Waals surface area contributed by atoms with Crippen LogP contribution in [0.3, 0.4) is 0 Å². The molecule has 0 N–H and O–H groups in total. The highest BCUT2D eigenvalue weighted by molar-refractivity contribution is 5.98. The smallest absolute Gasteiger partial charge is 0.0484 e. The minimum atomic E-state index is 1.15. The van der Waals surface area contributed by atoms with E-state index in [2.05, 4.69) is 84.5 Å². The Labute approximate surface area is 118 Å². The minimum Gasteiger partial charge on any atom is -0.350 e. The van der Waals surface area contributed by atoms with Gasteiger partial charge in [-0.05, 0) is 28.5 Å². The van der Waals surface area contributed by atoms with Crippen LogP contribution in [0.25, 0.3) is 32.8 Å². The number of para-hydroxylation sites is 1. The quantitative estimate of drug-likeness (QED) is 0.461. The second-order valence-electron chi connectivity index (χ2n) is 5.13. The van der Waals surface area contributed by atoms with Crippen LogP contribution >= 0.6 is 0 Å². The maximum absolute atomic E-state index is 3.54. The van der Waals surface area contributed by atoms with Gasteiger partial charge in [0.1, 0.15) is 0 Å². The monoisotopic (exact) mass is 256 g/mol. The van der Waals surface area contributed by atoms with E-state index < -0.39 is 0 Å². The molecule has 95 valence electrons. The van der Waals surface area contributed by atoms with Crippen molar-refractivity contribution in [3.05, 3.63) is 72.9 Å². The Balaban J connectivity index is 2.01. The molecule has 20 heavy (non-hydrogen) atoms. The SMILES string of the molecule is Cn1cc(-c2[c]c3ccccc3cc2)c2ccccc21. The molecular weight excluding hydrogens is 242 g/mol. The van der Waals surface area contributed by atoms with Gasteiger partial charge in [0.25, 0.3) is 0 Å². The molecule has 0 atom stereocenters. The fraction of sp³-hybridized carbons (Fsp3) is 0.0526. The molecule has 0 bridgehead atoms. The summed E-state index contributed by atoms with van der Waals surface area (Å²) in [5.74, 6) is 0. The number of rotatable bonds is 1. The largest absolute Gasteiger partial charge is 0.350 e. The Kier molecular flexibility index (Phi) is 2.40. The van der Waals surface area contributed by atoms with Gasteiger partial charge >= 0.3 is 0 Å². The van der Waals surface area contributed by atoms with Gasteiger partial charge in [-0.1, -0.05) is 54.6 Å². The number of hydrogen-bond donors (Lipinski definition) is 0. The average molecular weight is 256 g/mol. The van der Waals surface area contributed by atoms with Crippen molar-refractivity contribution in [3.63, 3.8) is 0 Å². The Morgan fingerprint density at radius 2 is 1.65 bits per heavy atom. The maximum Gasteiger partial charge on any atom is 0.0484 e. The molecule has 1 heterocycles. The number of hydrogen-bond acceptors (Lipinski definition) is 0. The van der Waals surface area contributed by atoms with Gasteiger partial charge in [0, 0.05) is 29.7 Å². The fourth-order valence-corrected chi connectivity index (χ4v) is 2.83. The van der Waals surface area contributed by atoms with Crippen LogP contribution < -0.4 is 0 Å². The predicted octanol–water partition coefficient (Wildman–Crippen LogP) is 4.80. The maximum atomic E-state index is 3.54. The zero-order chi connectivity index (χ0) is 13.5. The van der Waals surface area contributed by atoms with E-state index in [9.17, 15) is 0 Å². The average Bonchev–Trinajstić information content (AvgIpc) is 2.85. The standard InChI is InChI=1S/C19H14N/c1-20-13-18(17-8-4-5-9-19(17)20)16-11-10-14-6-2-3-7-15(14)12-16/h2-11,13H,1H3. The number of fused-ring (bicyclic) bond motifs is 2. The molecule has 0 saturated heterocycles. The third kappa shape index (κ3) is 1.64. The van der Waals surface area contributed by atoms with Crippen LogP contribution in [0.2, 0.25) is 0 Å². The molecular formula is C19H14N. The molecule has 4 rings (SSSR count). The van der Waals surface area contributed by atoms with Crippen molar-refractivity contribution >= 4 is 21.7 Å². The number of aromatic nitrogens is 1. The summed E-state index contributed by atoms with van der Waals surface area (Å²) in [6.45, 7) is 0. The molecule has 0 aliphatic carbocycles. The first-order chi connectivity index (χ1) is 9.83. The molecule has 0 amide bonds. The second kappa shape index (κ2) is 4.24. The van der Waals surface area contributed by atoms with E-state index in [4.69, 9.17) is 0 Å². The van der Waals surface area contributed by atoms with Gasteiger partial charge in [-0.15, -0.1) is 0 Å². The van der Waals surface area contributed by atoms with Crippen molar-refractivity contribution in [2.45, 2.75) is 0 Å². The van der Waals surface area contributed by atoms with E-state index in [-0.39, 0.29) is 0 Å². The lowest BCUT2D eigenvalue weighted by molar-refractivity contribution is 0.970. The highest BCUT2D eigenvalue weighted by Gasteiger charge is 2.08. The summed E-state index contributed by atoms with van der Waals surface area (Å²) in [5.41, 5.74) is 3.65. The van der Waals surface area contributed by atoms with Crippen molar-refractivity contribution in [2.24, 2.45) is 7.05 Å². The Hall–Kier alpha value is -2.54. The van der Waals surface area contributed by atoms with Crippen LogP contribution in [-0.2, 0) is 7.05 Å². The van der Waals surface area contributed by atoms with Gasteiger partial charge in [0.15, 0.2) is 0 Å². The lowest BCUT2D eigenvalue weighted by Gasteiger charge is -2.02. The van der Waals surface area contributed by atoms with Crippen LogP contribution in [-0.4, -0.2) is 4.57 Å². The van der Waals surface area contributed by atoms with Crippen LogP contribution in [0.4, 0.5) is 0 Å². The lowest BCUT2D eigenvalue weighted by atomic mass is 10.0. The minimum absolute atomic E-state index is 1.15. The molecule has 0 fully saturated rings. The molecule has 0 spiro atoms. The van der Waals surface area contributed by atoms with Crippen molar-refractivity contribution < 1.29 is 0 Å². The van der Waals surface area contributed by atoms with Crippen LogP contribution in [0.15, 0.2) is 66.9 Å². The molecule has 1 heteroatoms. The van der Waals surface area contributed by atoms with E-state index in [0.29, 0.717) is 0 Å². The molecule has 1 radical (unpaired) electrons. The van der Waals surface area contributed by atoms with Gasteiger partial charge in [-0.25, -0.2) is 0 Å². The van der Waals surface area contributed by atoms with Crippen LogP contribution in [0.5, 0.6) is 0 Å².